The molecule has 9 saturated carbocycles. The van der Waals surface area contributed by atoms with Crippen molar-refractivity contribution in [3.8, 4) is 0 Å². The van der Waals surface area contributed by atoms with E-state index in [2.05, 4.69) is 6.92 Å². The van der Waals surface area contributed by atoms with Crippen LogP contribution in [0.1, 0.15) is 180 Å². The molecule has 9 rings (SSSR count). The molecule has 5 nitrogen and oxygen atoms in total. The Morgan fingerprint density at radius 1 is 0.540 bits per heavy atom. The van der Waals surface area contributed by atoms with E-state index in [4.69, 9.17) is 9.47 Å². The predicted molar refractivity (Wildman–Crippen MR) is 201 cm³/mol. The number of ether oxygens (including phenoxy) is 2. The van der Waals surface area contributed by atoms with E-state index in [9.17, 15) is 9.59 Å². The fourth-order valence-electron chi connectivity index (χ4n) is 14.6. The van der Waals surface area contributed by atoms with Gasteiger partial charge in [0.05, 0.1) is 25.5 Å². The van der Waals surface area contributed by atoms with Crippen LogP contribution >= 0.6 is 7.14 Å². The molecule has 0 heterocycles. The average Bonchev–Trinajstić information content (AvgIpc) is 3.15. The lowest BCUT2D eigenvalue weighted by atomic mass is 9.41. The van der Waals surface area contributed by atoms with Crippen molar-refractivity contribution in [1.82, 2.24) is 0 Å². The zero-order valence-corrected chi connectivity index (χ0v) is 32.8. The number of ketones is 2. The quantitative estimate of drug-likeness (QED) is 0.211. The van der Waals surface area contributed by atoms with E-state index in [1.807, 2.05) is 7.11 Å². The minimum absolute atomic E-state index is 0.158. The van der Waals surface area contributed by atoms with Crippen molar-refractivity contribution in [2.75, 3.05) is 7.11 Å². The summed E-state index contributed by atoms with van der Waals surface area (Å²) in [5, 5.41) is 0. The van der Waals surface area contributed by atoms with Gasteiger partial charge in [-0.2, -0.15) is 0 Å². The van der Waals surface area contributed by atoms with Gasteiger partial charge < -0.3 is 14.0 Å². The second-order valence-corrected chi connectivity index (χ2v) is 23.7. The molecule has 0 saturated heterocycles. The van der Waals surface area contributed by atoms with Crippen LogP contribution in [0.15, 0.2) is 0 Å². The van der Waals surface area contributed by atoms with Crippen molar-refractivity contribution in [3.63, 3.8) is 0 Å². The zero-order chi connectivity index (χ0) is 34.5. The van der Waals surface area contributed by atoms with Gasteiger partial charge >= 0.3 is 0 Å². The molecular weight excluding hydrogens is 639 g/mol. The molecule has 50 heavy (non-hydrogen) atoms. The number of rotatable bonds is 10. The molecule has 9 aliphatic rings. The van der Waals surface area contributed by atoms with Gasteiger partial charge in [-0.1, -0.05) is 39.0 Å². The first-order valence-corrected chi connectivity index (χ1v) is 24.0. The molecule has 9 fully saturated rings. The lowest BCUT2D eigenvalue weighted by molar-refractivity contribution is -0.171. The van der Waals surface area contributed by atoms with E-state index >= 15 is 4.57 Å². The molecule has 0 aromatic carbocycles. The number of hydrogen-bond donors (Lipinski definition) is 0. The highest BCUT2D eigenvalue weighted by Gasteiger charge is 2.64. The van der Waals surface area contributed by atoms with E-state index in [0.717, 1.165) is 115 Å². The number of hydrogen-bond acceptors (Lipinski definition) is 5. The van der Waals surface area contributed by atoms with Gasteiger partial charge in [-0.05, 0) is 159 Å². The Balaban J connectivity index is 0.848. The maximum atomic E-state index is 15.3. The van der Waals surface area contributed by atoms with Gasteiger partial charge in [-0.25, -0.2) is 0 Å². The average molecular weight is 711 g/mol. The molecule has 4 bridgehead atoms. The summed E-state index contributed by atoms with van der Waals surface area (Å²) in [6.45, 7) is 2.39. The van der Waals surface area contributed by atoms with Crippen LogP contribution in [0.4, 0.5) is 0 Å². The van der Waals surface area contributed by atoms with Crippen LogP contribution in [0.3, 0.4) is 0 Å². The highest BCUT2D eigenvalue weighted by atomic mass is 31.2. The molecule has 0 aromatic heterocycles. The molecule has 0 aromatic rings. The van der Waals surface area contributed by atoms with E-state index in [1.54, 1.807) is 0 Å². The smallest absolute Gasteiger partial charge is 0.142 e. The molecule has 3 unspecified atom stereocenters. The lowest BCUT2D eigenvalue weighted by Crippen LogP contribution is -2.59. The van der Waals surface area contributed by atoms with Gasteiger partial charge in [0.15, 0.2) is 0 Å². The van der Waals surface area contributed by atoms with E-state index in [-0.39, 0.29) is 28.8 Å². The summed E-state index contributed by atoms with van der Waals surface area (Å²) in [5.74, 6) is 3.38. The van der Waals surface area contributed by atoms with Crippen molar-refractivity contribution >= 4 is 18.7 Å². The first kappa shape index (κ1) is 36.5. The first-order chi connectivity index (χ1) is 24.2. The van der Waals surface area contributed by atoms with Crippen LogP contribution in [-0.4, -0.2) is 54.0 Å². The summed E-state index contributed by atoms with van der Waals surface area (Å²) in [6.07, 6.45) is 30.9. The third-order valence-electron chi connectivity index (χ3n) is 16.8. The SMILES string of the molecule is COC1CCC(C(=O)C23CC4CC(C2)CC(C(=O)C2CCC(OC5CCC(P(=O)(C6CCCCC6)C6CCC(C)CC6)CC5)CC2)(C4)C3)CC1. The standard InChI is InChI=1S/C44H71O5P/c1-30-8-20-39(21-9-30)50(47,38-6-4-3-5-7-38)40-22-18-37(19-23-40)49-36-16-12-34(13-17-36)42(46)44-27-31-24-32(28-44)26-43(25-31,29-44)41(45)33-10-14-35(48-2)15-11-33/h30-40H,3-29H2,1-2H3. The largest absolute Gasteiger partial charge is 0.381 e. The van der Waals surface area contributed by atoms with Crippen LogP contribution in [-0.2, 0) is 23.6 Å². The minimum Gasteiger partial charge on any atom is -0.381 e. The number of carbonyl (C=O) groups excluding carboxylic acids is 2. The maximum Gasteiger partial charge on any atom is 0.142 e. The minimum atomic E-state index is -2.23. The Hall–Kier alpha value is -0.510. The van der Waals surface area contributed by atoms with E-state index in [1.165, 1.54) is 64.2 Å². The molecule has 6 heteroatoms. The highest BCUT2D eigenvalue weighted by molar-refractivity contribution is 7.66. The summed E-state index contributed by atoms with van der Waals surface area (Å²) >= 11 is 0. The fraction of sp³-hybridized carbons (Fsp3) is 0.955. The van der Waals surface area contributed by atoms with Crippen molar-refractivity contribution in [2.24, 2.45) is 40.4 Å². The Labute approximate surface area is 304 Å². The second kappa shape index (κ2) is 15.0. The van der Waals surface area contributed by atoms with Gasteiger partial charge in [0.25, 0.3) is 0 Å². The molecule has 9 aliphatic carbocycles. The van der Waals surface area contributed by atoms with E-state index in [0.29, 0.717) is 52.6 Å². The van der Waals surface area contributed by atoms with Gasteiger partial charge in [0.2, 0.25) is 0 Å². The summed E-state index contributed by atoms with van der Waals surface area (Å²) in [7, 11) is -0.421. The Bertz CT molecular complexity index is 1220. The van der Waals surface area contributed by atoms with Crippen LogP contribution in [0.5, 0.6) is 0 Å². The number of Topliss-reactive ketones (excluding diaryl/α,β-unsaturated/α-hetero) is 2. The molecule has 0 radical (unpaired) electrons. The number of carbonyl (C=O) groups is 2. The molecule has 0 N–H and O–H groups in total. The van der Waals surface area contributed by atoms with Crippen molar-refractivity contribution in [2.45, 2.75) is 216 Å². The summed E-state index contributed by atoms with van der Waals surface area (Å²) in [5.41, 5.74) is 0.980. The molecular formula is C44H71O5P. The monoisotopic (exact) mass is 711 g/mol. The molecule has 0 spiro atoms. The predicted octanol–water partition coefficient (Wildman–Crippen LogP) is 11.1. The Morgan fingerprint density at radius 3 is 1.44 bits per heavy atom. The van der Waals surface area contributed by atoms with Crippen molar-refractivity contribution in [3.05, 3.63) is 0 Å². The van der Waals surface area contributed by atoms with E-state index < -0.39 is 7.14 Å². The first-order valence-electron chi connectivity index (χ1n) is 22.1. The fourth-order valence-corrected chi connectivity index (χ4v) is 19.8. The third-order valence-corrected chi connectivity index (χ3v) is 21.8. The van der Waals surface area contributed by atoms with Gasteiger partial charge in [0.1, 0.15) is 11.6 Å². The second-order valence-electron chi connectivity index (χ2n) is 20.0. The molecule has 282 valence electrons. The van der Waals surface area contributed by atoms with Gasteiger partial charge in [0, 0.05) is 46.8 Å². The molecule has 0 amide bonds. The lowest BCUT2D eigenvalue weighted by Gasteiger charge is -2.62. The van der Waals surface area contributed by atoms with Crippen LogP contribution in [0, 0.1) is 40.4 Å². The number of methoxy groups -OCH3 is 1. The molecule has 3 atom stereocenters. The highest BCUT2D eigenvalue weighted by Crippen LogP contribution is 2.69. The Morgan fingerprint density at radius 2 is 0.960 bits per heavy atom. The summed E-state index contributed by atoms with van der Waals surface area (Å²) in [6, 6.07) is 0. The molecule has 0 aliphatic heterocycles. The topological polar surface area (TPSA) is 69.7 Å². The maximum absolute atomic E-state index is 15.3. The summed E-state index contributed by atoms with van der Waals surface area (Å²) < 4.78 is 27.7. The van der Waals surface area contributed by atoms with Crippen molar-refractivity contribution < 1.29 is 23.6 Å². The van der Waals surface area contributed by atoms with Crippen molar-refractivity contribution in [1.29, 1.82) is 0 Å². The van der Waals surface area contributed by atoms with Gasteiger partial charge in [-0.3, -0.25) is 9.59 Å². The van der Waals surface area contributed by atoms with Crippen LogP contribution in [0.25, 0.3) is 0 Å². The Kier molecular flexibility index (Phi) is 10.9. The normalized spacial score (nSPS) is 46.7. The third kappa shape index (κ3) is 6.95. The van der Waals surface area contributed by atoms with Gasteiger partial charge in [-0.15, -0.1) is 0 Å². The van der Waals surface area contributed by atoms with Crippen LogP contribution in [0.2, 0.25) is 0 Å². The van der Waals surface area contributed by atoms with Crippen LogP contribution < -0.4 is 0 Å². The summed E-state index contributed by atoms with van der Waals surface area (Å²) in [4.78, 5) is 28.9. The zero-order valence-electron chi connectivity index (χ0n) is 31.9.